The van der Waals surface area contributed by atoms with Gasteiger partial charge in [0.1, 0.15) is 5.82 Å². The fraction of sp³-hybridized carbons (Fsp3) is 0.100. The maximum absolute atomic E-state index is 13.4. The monoisotopic (exact) mass is 231 g/mol. The van der Waals surface area contributed by atoms with Crippen LogP contribution in [0.5, 0.6) is 0 Å². The van der Waals surface area contributed by atoms with Crippen LogP contribution in [0.2, 0.25) is 5.02 Å². The van der Waals surface area contributed by atoms with Gasteiger partial charge in [-0.15, -0.1) is 0 Å². The van der Waals surface area contributed by atoms with Crippen molar-refractivity contribution >= 4 is 22.5 Å². The highest BCUT2D eigenvalue weighted by atomic mass is 35.5. The number of hydrogen-bond donors (Lipinski definition) is 0. The molecule has 5 heteroatoms. The Bertz CT molecular complexity index is 554. The van der Waals surface area contributed by atoms with Gasteiger partial charge in [0.05, 0.1) is 15.9 Å². The Morgan fingerprint density at radius 1 is 1.20 bits per heavy atom. The van der Waals surface area contributed by atoms with Crippen LogP contribution in [0.3, 0.4) is 0 Å². The number of rotatable bonds is 0. The molecule has 0 atom stereocenters. The molecule has 2 rings (SSSR count). The Labute approximate surface area is 88.5 Å². The number of aromatic nitrogens is 1. The van der Waals surface area contributed by atoms with E-state index in [9.17, 15) is 13.2 Å². The molecule has 0 N–H and O–H groups in total. The third kappa shape index (κ3) is 1.55. The molecule has 1 aromatic carbocycles. The normalized spacial score (nSPS) is 11.0. The third-order valence-corrected chi connectivity index (χ3v) is 2.38. The van der Waals surface area contributed by atoms with E-state index < -0.39 is 22.6 Å². The molecule has 0 amide bonds. The minimum Gasteiger partial charge on any atom is -0.217 e. The summed E-state index contributed by atoms with van der Waals surface area (Å²) in [4.78, 5) is 3.29. The highest BCUT2D eigenvalue weighted by Crippen LogP contribution is 2.29. The maximum atomic E-state index is 13.4. The molecule has 1 nitrogen and oxygen atoms in total. The maximum Gasteiger partial charge on any atom is 0.251 e. The number of nitrogens with zero attached hydrogens (tertiary/aromatic N) is 1. The number of benzene rings is 1. The molecule has 1 heterocycles. The summed E-state index contributed by atoms with van der Waals surface area (Å²) in [6, 6.07) is 2.63. The summed E-state index contributed by atoms with van der Waals surface area (Å²) in [6.45, 7) is 1.62. The second-order valence-corrected chi connectivity index (χ2v) is 3.55. The predicted molar refractivity (Wildman–Crippen MR) is 51.4 cm³/mol. The molecular weight excluding hydrogens is 227 g/mol. The van der Waals surface area contributed by atoms with Crippen molar-refractivity contribution in [3.05, 3.63) is 40.3 Å². The molecular formula is C10H5ClF3N. The quantitative estimate of drug-likeness (QED) is 0.631. The zero-order valence-corrected chi connectivity index (χ0v) is 8.37. The topological polar surface area (TPSA) is 12.9 Å². The number of halogens is 4. The van der Waals surface area contributed by atoms with Crippen LogP contribution in [-0.4, -0.2) is 4.98 Å². The second-order valence-electron chi connectivity index (χ2n) is 3.17. The molecule has 2 aromatic rings. The first-order valence-electron chi connectivity index (χ1n) is 4.11. The van der Waals surface area contributed by atoms with E-state index in [2.05, 4.69) is 4.98 Å². The van der Waals surface area contributed by atoms with Gasteiger partial charge in [-0.3, -0.25) is 0 Å². The van der Waals surface area contributed by atoms with Crippen molar-refractivity contribution in [3.63, 3.8) is 0 Å². The summed E-state index contributed by atoms with van der Waals surface area (Å²) in [5, 5.41) is -0.767. The number of hydrogen-bond acceptors (Lipinski definition) is 1. The van der Waals surface area contributed by atoms with Crippen molar-refractivity contribution in [1.82, 2.24) is 4.98 Å². The lowest BCUT2D eigenvalue weighted by Crippen LogP contribution is -1.95. The predicted octanol–water partition coefficient (Wildman–Crippen LogP) is 3.61. The Morgan fingerprint density at radius 3 is 2.53 bits per heavy atom. The van der Waals surface area contributed by atoms with Crippen molar-refractivity contribution < 1.29 is 13.2 Å². The first-order chi connectivity index (χ1) is 7.00. The average Bonchev–Trinajstić information content (AvgIpc) is 2.13. The van der Waals surface area contributed by atoms with E-state index in [-0.39, 0.29) is 10.9 Å². The van der Waals surface area contributed by atoms with Gasteiger partial charge in [-0.25, -0.2) is 13.8 Å². The molecule has 78 valence electrons. The fourth-order valence-corrected chi connectivity index (χ4v) is 1.65. The molecule has 1 aromatic heterocycles. The lowest BCUT2D eigenvalue weighted by molar-refractivity contribution is 0.483. The molecule has 0 saturated carbocycles. The van der Waals surface area contributed by atoms with E-state index in [4.69, 9.17) is 11.6 Å². The van der Waals surface area contributed by atoms with E-state index in [1.54, 1.807) is 6.92 Å². The third-order valence-electron chi connectivity index (χ3n) is 2.03. The van der Waals surface area contributed by atoms with Crippen LogP contribution in [0.4, 0.5) is 13.2 Å². The highest BCUT2D eigenvalue weighted by Gasteiger charge is 2.16. The van der Waals surface area contributed by atoms with Gasteiger partial charge in [-0.2, -0.15) is 4.39 Å². The number of fused-ring (bicyclic) bond motifs is 1. The highest BCUT2D eigenvalue weighted by molar-refractivity contribution is 6.35. The molecule has 15 heavy (non-hydrogen) atoms. The summed E-state index contributed by atoms with van der Waals surface area (Å²) in [5.74, 6) is -3.36. The minimum absolute atomic E-state index is 0.0106. The van der Waals surface area contributed by atoms with Crippen LogP contribution in [0.1, 0.15) is 5.56 Å². The van der Waals surface area contributed by atoms with Crippen LogP contribution in [0, 0.1) is 24.5 Å². The van der Waals surface area contributed by atoms with Crippen LogP contribution >= 0.6 is 11.6 Å². The molecule has 0 aliphatic rings. The van der Waals surface area contributed by atoms with Gasteiger partial charge in [-0.05, 0) is 24.6 Å². The molecule has 0 aliphatic carbocycles. The summed E-state index contributed by atoms with van der Waals surface area (Å²) >= 11 is 5.49. The largest absolute Gasteiger partial charge is 0.251 e. The van der Waals surface area contributed by atoms with Crippen LogP contribution in [0.15, 0.2) is 12.1 Å². The molecule has 0 aliphatic heterocycles. The van der Waals surface area contributed by atoms with E-state index in [1.165, 1.54) is 12.1 Å². The number of aryl methyl sites for hydroxylation is 1. The fourth-order valence-electron chi connectivity index (χ4n) is 1.38. The lowest BCUT2D eigenvalue weighted by Gasteiger charge is -2.04. The zero-order chi connectivity index (χ0) is 11.2. The van der Waals surface area contributed by atoms with E-state index in [1.807, 2.05) is 0 Å². The molecule has 0 bridgehead atoms. The molecule has 0 fully saturated rings. The van der Waals surface area contributed by atoms with Crippen molar-refractivity contribution in [2.75, 3.05) is 0 Å². The van der Waals surface area contributed by atoms with Gasteiger partial charge >= 0.3 is 0 Å². The lowest BCUT2D eigenvalue weighted by atomic mass is 10.1. The minimum atomic E-state index is -1.33. The Kier molecular flexibility index (Phi) is 2.31. The van der Waals surface area contributed by atoms with Crippen molar-refractivity contribution in [3.8, 4) is 0 Å². The number of pyridine rings is 1. The van der Waals surface area contributed by atoms with Crippen LogP contribution in [-0.2, 0) is 0 Å². The van der Waals surface area contributed by atoms with Crippen molar-refractivity contribution in [2.24, 2.45) is 0 Å². The van der Waals surface area contributed by atoms with Gasteiger partial charge in [-0.1, -0.05) is 11.6 Å². The smallest absolute Gasteiger partial charge is 0.217 e. The summed E-state index contributed by atoms with van der Waals surface area (Å²) in [6.07, 6.45) is 0. The Balaban J connectivity index is 2.99. The first kappa shape index (κ1) is 10.2. The summed E-state index contributed by atoms with van der Waals surface area (Å²) < 4.78 is 39.3. The molecule has 0 spiro atoms. The molecule has 0 saturated heterocycles. The van der Waals surface area contributed by atoms with Crippen LogP contribution in [0.25, 0.3) is 10.9 Å². The van der Waals surface area contributed by atoms with Gasteiger partial charge in [0.15, 0.2) is 5.82 Å². The van der Waals surface area contributed by atoms with Crippen molar-refractivity contribution in [2.45, 2.75) is 6.92 Å². The zero-order valence-electron chi connectivity index (χ0n) is 7.61. The first-order valence-corrected chi connectivity index (χ1v) is 4.49. The van der Waals surface area contributed by atoms with Gasteiger partial charge < -0.3 is 0 Å². The standard InChI is InChI=1S/C10H5ClF3N/c1-4-2-5(12)7-6(3-4)15-10(14)9(13)8(7)11/h2-3H,1H3. The van der Waals surface area contributed by atoms with Gasteiger partial charge in [0.2, 0.25) is 0 Å². The van der Waals surface area contributed by atoms with E-state index in [0.29, 0.717) is 5.56 Å². The second kappa shape index (κ2) is 3.38. The molecule has 0 unspecified atom stereocenters. The van der Waals surface area contributed by atoms with E-state index >= 15 is 0 Å². The SMILES string of the molecule is Cc1cc(F)c2c(Cl)c(F)c(F)nc2c1. The van der Waals surface area contributed by atoms with E-state index in [0.717, 1.165) is 0 Å². The van der Waals surface area contributed by atoms with Crippen LogP contribution < -0.4 is 0 Å². The Morgan fingerprint density at radius 2 is 1.87 bits per heavy atom. The molecule has 0 radical (unpaired) electrons. The Hall–Kier alpha value is -1.29. The van der Waals surface area contributed by atoms with Gasteiger partial charge in [0, 0.05) is 0 Å². The van der Waals surface area contributed by atoms with Crippen molar-refractivity contribution in [1.29, 1.82) is 0 Å². The average molecular weight is 232 g/mol. The summed E-state index contributed by atoms with van der Waals surface area (Å²) in [7, 11) is 0. The summed E-state index contributed by atoms with van der Waals surface area (Å²) in [5.41, 5.74) is 0.575. The van der Waals surface area contributed by atoms with Gasteiger partial charge in [0.25, 0.3) is 5.95 Å².